The molecule has 1 fully saturated rings. The van der Waals surface area contributed by atoms with Crippen LogP contribution in [0.5, 0.6) is 0 Å². The van der Waals surface area contributed by atoms with Gasteiger partial charge in [0, 0.05) is 29.7 Å². The molecule has 0 radical (unpaired) electrons. The van der Waals surface area contributed by atoms with E-state index in [0.29, 0.717) is 50.4 Å². The van der Waals surface area contributed by atoms with Gasteiger partial charge >= 0.3 is 0 Å². The molecule has 0 spiro atoms. The van der Waals surface area contributed by atoms with Gasteiger partial charge in [-0.25, -0.2) is 8.42 Å². The molecule has 150 valence electrons. The van der Waals surface area contributed by atoms with E-state index in [1.807, 2.05) is 24.3 Å². The maximum absolute atomic E-state index is 12.9. The van der Waals surface area contributed by atoms with Crippen LogP contribution in [0.15, 0.2) is 51.8 Å². The van der Waals surface area contributed by atoms with E-state index in [2.05, 4.69) is 21.2 Å². The SMILES string of the molecule is Cc1ccc(NC(=O)CCc2cccc(Br)c2)cc1S(=O)(=O)N1CCOCC1. The number of ether oxygens (including phenoxy) is 1. The first kappa shape index (κ1) is 21.0. The molecule has 1 aliphatic rings. The van der Waals surface area contributed by atoms with Crippen molar-refractivity contribution in [2.24, 2.45) is 0 Å². The Hall–Kier alpha value is -1.74. The van der Waals surface area contributed by atoms with Crippen LogP contribution in [-0.4, -0.2) is 44.9 Å². The Balaban J connectivity index is 1.69. The smallest absolute Gasteiger partial charge is 0.243 e. The number of aryl methyl sites for hydroxylation is 2. The minimum absolute atomic E-state index is 0.154. The lowest BCUT2D eigenvalue weighted by atomic mass is 10.1. The number of hydrogen-bond donors (Lipinski definition) is 1. The Bertz CT molecular complexity index is 956. The van der Waals surface area contributed by atoms with Crippen LogP contribution in [0.4, 0.5) is 5.69 Å². The molecule has 2 aromatic carbocycles. The molecule has 0 bridgehead atoms. The number of rotatable bonds is 6. The molecule has 8 heteroatoms. The van der Waals surface area contributed by atoms with Crippen molar-refractivity contribution in [3.05, 3.63) is 58.1 Å². The summed E-state index contributed by atoms with van der Waals surface area (Å²) in [5, 5.41) is 2.81. The summed E-state index contributed by atoms with van der Waals surface area (Å²) in [5.74, 6) is -0.154. The molecule has 1 aliphatic heterocycles. The van der Waals surface area contributed by atoms with Gasteiger partial charge in [0.2, 0.25) is 15.9 Å². The van der Waals surface area contributed by atoms with Gasteiger partial charge in [-0.1, -0.05) is 34.1 Å². The number of anilines is 1. The molecule has 3 rings (SSSR count). The monoisotopic (exact) mass is 466 g/mol. The fourth-order valence-electron chi connectivity index (χ4n) is 3.06. The second kappa shape index (κ2) is 9.17. The minimum atomic E-state index is -3.61. The first-order valence-corrected chi connectivity index (χ1v) is 11.3. The molecule has 1 N–H and O–H groups in total. The van der Waals surface area contributed by atoms with Crippen molar-refractivity contribution in [2.45, 2.75) is 24.7 Å². The fraction of sp³-hybridized carbons (Fsp3) is 0.350. The lowest BCUT2D eigenvalue weighted by Crippen LogP contribution is -2.40. The zero-order valence-corrected chi connectivity index (χ0v) is 18.1. The first-order valence-electron chi connectivity index (χ1n) is 9.09. The largest absolute Gasteiger partial charge is 0.379 e. The first-order chi connectivity index (χ1) is 13.4. The molecule has 1 amide bonds. The number of halogens is 1. The summed E-state index contributed by atoms with van der Waals surface area (Å²) in [6, 6.07) is 12.8. The third kappa shape index (κ3) is 5.20. The average Bonchev–Trinajstić information content (AvgIpc) is 2.68. The number of hydrogen-bond acceptors (Lipinski definition) is 4. The molecule has 2 aromatic rings. The van der Waals surface area contributed by atoms with Crippen LogP contribution in [0.3, 0.4) is 0 Å². The van der Waals surface area contributed by atoms with Gasteiger partial charge in [0.1, 0.15) is 0 Å². The van der Waals surface area contributed by atoms with Gasteiger partial charge in [0.05, 0.1) is 18.1 Å². The molecule has 0 unspecified atom stereocenters. The summed E-state index contributed by atoms with van der Waals surface area (Å²) in [4.78, 5) is 12.5. The van der Waals surface area contributed by atoms with Gasteiger partial charge in [0.25, 0.3) is 0 Å². The fourth-order valence-corrected chi connectivity index (χ4v) is 5.16. The highest BCUT2D eigenvalue weighted by Crippen LogP contribution is 2.24. The van der Waals surface area contributed by atoms with E-state index in [4.69, 9.17) is 4.74 Å². The van der Waals surface area contributed by atoms with Gasteiger partial charge in [0.15, 0.2) is 0 Å². The Morgan fingerprint density at radius 2 is 1.93 bits per heavy atom. The van der Waals surface area contributed by atoms with Crippen LogP contribution in [0.2, 0.25) is 0 Å². The number of morpholine rings is 1. The van der Waals surface area contributed by atoms with E-state index in [1.54, 1.807) is 19.1 Å². The number of carbonyl (C=O) groups is 1. The molecule has 1 heterocycles. The number of nitrogens with zero attached hydrogens (tertiary/aromatic N) is 1. The van der Waals surface area contributed by atoms with Crippen LogP contribution in [0.25, 0.3) is 0 Å². The Labute approximate surface area is 174 Å². The van der Waals surface area contributed by atoms with Crippen molar-refractivity contribution in [1.29, 1.82) is 0 Å². The molecule has 0 atom stereocenters. The summed E-state index contributed by atoms with van der Waals surface area (Å²) >= 11 is 3.42. The molecular formula is C20H23BrN2O4S. The number of benzene rings is 2. The Kier molecular flexibility index (Phi) is 6.87. The van der Waals surface area contributed by atoms with Crippen molar-refractivity contribution in [3.8, 4) is 0 Å². The van der Waals surface area contributed by atoms with Crippen LogP contribution in [0, 0.1) is 6.92 Å². The van der Waals surface area contributed by atoms with Crippen molar-refractivity contribution in [1.82, 2.24) is 4.31 Å². The van der Waals surface area contributed by atoms with Gasteiger partial charge < -0.3 is 10.1 Å². The summed E-state index contributed by atoms with van der Waals surface area (Å²) in [7, 11) is -3.61. The van der Waals surface area contributed by atoms with Crippen molar-refractivity contribution in [2.75, 3.05) is 31.6 Å². The van der Waals surface area contributed by atoms with E-state index in [0.717, 1.165) is 10.0 Å². The van der Waals surface area contributed by atoms with Gasteiger partial charge in [-0.2, -0.15) is 4.31 Å². The van der Waals surface area contributed by atoms with Crippen molar-refractivity contribution in [3.63, 3.8) is 0 Å². The highest BCUT2D eigenvalue weighted by atomic mass is 79.9. The number of carbonyl (C=O) groups excluding carboxylic acids is 1. The van der Waals surface area contributed by atoms with E-state index in [-0.39, 0.29) is 10.8 Å². The van der Waals surface area contributed by atoms with E-state index < -0.39 is 10.0 Å². The predicted octanol–water partition coefficient (Wildman–Crippen LogP) is 3.35. The topological polar surface area (TPSA) is 75.7 Å². The van der Waals surface area contributed by atoms with E-state index in [9.17, 15) is 13.2 Å². The normalized spacial score (nSPS) is 15.4. The summed E-state index contributed by atoms with van der Waals surface area (Å²) in [5.41, 5.74) is 2.19. The highest BCUT2D eigenvalue weighted by Gasteiger charge is 2.28. The second-order valence-electron chi connectivity index (χ2n) is 6.67. The quantitative estimate of drug-likeness (QED) is 0.707. The molecule has 6 nitrogen and oxygen atoms in total. The number of amides is 1. The molecule has 1 saturated heterocycles. The third-order valence-electron chi connectivity index (χ3n) is 4.59. The molecular weight excluding hydrogens is 444 g/mol. The van der Waals surface area contributed by atoms with Crippen molar-refractivity contribution >= 4 is 37.5 Å². The Morgan fingerprint density at radius 3 is 2.64 bits per heavy atom. The van der Waals surface area contributed by atoms with Crippen molar-refractivity contribution < 1.29 is 17.9 Å². The zero-order valence-electron chi connectivity index (χ0n) is 15.7. The molecule has 0 saturated carbocycles. The second-order valence-corrected chi connectivity index (χ2v) is 9.50. The summed E-state index contributed by atoms with van der Waals surface area (Å²) < 4.78 is 33.5. The van der Waals surface area contributed by atoms with Gasteiger partial charge in [-0.3, -0.25) is 4.79 Å². The zero-order chi connectivity index (χ0) is 20.1. The number of sulfonamides is 1. The number of nitrogens with one attached hydrogen (secondary N) is 1. The molecule has 0 aromatic heterocycles. The average molecular weight is 467 g/mol. The lowest BCUT2D eigenvalue weighted by molar-refractivity contribution is -0.116. The van der Waals surface area contributed by atoms with Crippen LogP contribution in [0.1, 0.15) is 17.5 Å². The third-order valence-corrected chi connectivity index (χ3v) is 7.12. The summed E-state index contributed by atoms with van der Waals surface area (Å²) in [6.07, 6.45) is 0.923. The van der Waals surface area contributed by atoms with Crippen LogP contribution < -0.4 is 5.32 Å². The van der Waals surface area contributed by atoms with E-state index in [1.165, 1.54) is 10.4 Å². The maximum Gasteiger partial charge on any atom is 0.243 e. The predicted molar refractivity (Wildman–Crippen MR) is 112 cm³/mol. The molecule has 0 aliphatic carbocycles. The Morgan fingerprint density at radius 1 is 1.18 bits per heavy atom. The van der Waals surface area contributed by atoms with E-state index >= 15 is 0 Å². The maximum atomic E-state index is 12.9. The van der Waals surface area contributed by atoms with Gasteiger partial charge in [-0.05, 0) is 48.7 Å². The standard InChI is InChI=1S/C20H23BrN2O4S/c1-15-5-7-18(14-19(15)28(25,26)23-9-11-27-12-10-23)22-20(24)8-6-16-3-2-4-17(21)13-16/h2-5,7,13-14H,6,8-12H2,1H3,(H,22,24). The summed E-state index contributed by atoms with van der Waals surface area (Å²) in [6.45, 7) is 3.22. The molecule has 28 heavy (non-hydrogen) atoms. The van der Waals surface area contributed by atoms with Crippen LogP contribution >= 0.6 is 15.9 Å². The lowest BCUT2D eigenvalue weighted by Gasteiger charge is -2.26. The highest BCUT2D eigenvalue weighted by molar-refractivity contribution is 9.10. The van der Waals surface area contributed by atoms with Crippen LogP contribution in [-0.2, 0) is 26.0 Å². The van der Waals surface area contributed by atoms with Gasteiger partial charge in [-0.15, -0.1) is 0 Å². The minimum Gasteiger partial charge on any atom is -0.379 e.